The van der Waals surface area contributed by atoms with Crippen LogP contribution in [0, 0.1) is 0 Å². The molecule has 0 aliphatic carbocycles. The second-order valence-electron chi connectivity index (χ2n) is 6.08. The van der Waals surface area contributed by atoms with Crippen LogP contribution in [0.5, 0.6) is 0 Å². The molecule has 0 amide bonds. The monoisotopic (exact) mass is 377 g/mol. The van der Waals surface area contributed by atoms with Gasteiger partial charge in [-0.2, -0.15) is 13.2 Å². The quantitative estimate of drug-likeness (QED) is 0.794. The fourth-order valence-electron chi connectivity index (χ4n) is 3.09. The number of nitrogens with one attached hydrogen (secondary N) is 1. The van der Waals surface area contributed by atoms with Gasteiger partial charge in [0.2, 0.25) is 5.66 Å². The normalized spacial score (nSPS) is 19.7. The SMILES string of the molecule is NC(=S)NC1(C(F)(F)F)C=CC=CN1CCc1ccc2ccccc2c1. The first-order valence-electron chi connectivity index (χ1n) is 8.07. The van der Waals surface area contributed by atoms with Crippen molar-refractivity contribution < 1.29 is 13.2 Å². The third kappa shape index (κ3) is 3.53. The van der Waals surface area contributed by atoms with Gasteiger partial charge in [0, 0.05) is 12.7 Å². The van der Waals surface area contributed by atoms with E-state index in [1.807, 2.05) is 42.5 Å². The zero-order valence-electron chi connectivity index (χ0n) is 13.8. The molecule has 0 saturated heterocycles. The van der Waals surface area contributed by atoms with E-state index in [-0.39, 0.29) is 6.54 Å². The highest BCUT2D eigenvalue weighted by Gasteiger charge is 2.57. The second-order valence-corrected chi connectivity index (χ2v) is 6.52. The van der Waals surface area contributed by atoms with Gasteiger partial charge in [-0.25, -0.2) is 0 Å². The highest BCUT2D eigenvalue weighted by atomic mass is 32.1. The Bertz CT molecular complexity index is 876. The van der Waals surface area contributed by atoms with Gasteiger partial charge in [0.05, 0.1) is 0 Å². The van der Waals surface area contributed by atoms with Crippen molar-refractivity contribution in [2.45, 2.75) is 18.3 Å². The molecule has 0 fully saturated rings. The maximum absolute atomic E-state index is 13.8. The van der Waals surface area contributed by atoms with Crippen LogP contribution < -0.4 is 11.1 Å². The first kappa shape index (κ1) is 18.3. The summed E-state index contributed by atoms with van der Waals surface area (Å²) in [6.45, 7) is 0.147. The van der Waals surface area contributed by atoms with Gasteiger partial charge in [0.25, 0.3) is 0 Å². The van der Waals surface area contributed by atoms with Crippen molar-refractivity contribution in [3.8, 4) is 0 Å². The zero-order valence-corrected chi connectivity index (χ0v) is 14.6. The second kappa shape index (κ2) is 6.99. The lowest BCUT2D eigenvalue weighted by Gasteiger charge is -2.44. The molecule has 26 heavy (non-hydrogen) atoms. The lowest BCUT2D eigenvalue weighted by molar-refractivity contribution is -0.213. The van der Waals surface area contributed by atoms with Gasteiger partial charge in [0.1, 0.15) is 0 Å². The first-order valence-corrected chi connectivity index (χ1v) is 8.47. The summed E-state index contributed by atoms with van der Waals surface area (Å²) in [7, 11) is 0. The molecular weight excluding hydrogens is 359 g/mol. The van der Waals surface area contributed by atoms with E-state index in [0.717, 1.165) is 22.4 Å². The van der Waals surface area contributed by atoms with Crippen LogP contribution in [0.4, 0.5) is 13.2 Å². The van der Waals surface area contributed by atoms with E-state index in [4.69, 9.17) is 5.73 Å². The summed E-state index contributed by atoms with van der Waals surface area (Å²) < 4.78 is 41.5. The number of nitrogens with two attached hydrogens (primary N) is 1. The molecular formula is C19H18F3N3S. The molecule has 0 radical (unpaired) electrons. The summed E-state index contributed by atoms with van der Waals surface area (Å²) in [6.07, 6.45) is 1.18. The molecule has 0 saturated carbocycles. The van der Waals surface area contributed by atoms with E-state index in [0.29, 0.717) is 6.42 Å². The van der Waals surface area contributed by atoms with Crippen molar-refractivity contribution in [1.82, 2.24) is 10.2 Å². The molecule has 2 aromatic rings. The number of hydrogen-bond donors (Lipinski definition) is 2. The predicted octanol–water partition coefficient (Wildman–Crippen LogP) is 3.86. The third-order valence-electron chi connectivity index (χ3n) is 4.37. The maximum Gasteiger partial charge on any atom is 0.434 e. The van der Waals surface area contributed by atoms with Crippen molar-refractivity contribution in [3.63, 3.8) is 0 Å². The Morgan fingerprint density at radius 1 is 1.12 bits per heavy atom. The van der Waals surface area contributed by atoms with Crippen molar-refractivity contribution in [2.75, 3.05) is 6.54 Å². The van der Waals surface area contributed by atoms with Crippen molar-refractivity contribution in [2.24, 2.45) is 5.73 Å². The Hall–Kier alpha value is -2.54. The van der Waals surface area contributed by atoms with E-state index in [2.05, 4.69) is 17.5 Å². The fraction of sp³-hybridized carbons (Fsp3) is 0.211. The Morgan fingerprint density at radius 3 is 2.54 bits per heavy atom. The van der Waals surface area contributed by atoms with E-state index in [1.165, 1.54) is 17.2 Å². The fourth-order valence-corrected chi connectivity index (χ4v) is 3.24. The third-order valence-corrected chi connectivity index (χ3v) is 4.47. The summed E-state index contributed by atoms with van der Waals surface area (Å²) in [5.41, 5.74) is 3.89. The summed E-state index contributed by atoms with van der Waals surface area (Å²) in [4.78, 5) is 1.18. The number of halogens is 3. The van der Waals surface area contributed by atoms with E-state index < -0.39 is 17.0 Å². The molecule has 0 spiro atoms. The van der Waals surface area contributed by atoms with E-state index >= 15 is 0 Å². The van der Waals surface area contributed by atoms with Crippen LogP contribution in [0.2, 0.25) is 0 Å². The van der Waals surface area contributed by atoms with Gasteiger partial charge in [0.15, 0.2) is 5.11 Å². The number of nitrogens with zero attached hydrogens (tertiary/aromatic N) is 1. The summed E-state index contributed by atoms with van der Waals surface area (Å²) in [5, 5.41) is 3.97. The molecule has 2 aromatic carbocycles. The van der Waals surface area contributed by atoms with Gasteiger partial charge in [-0.15, -0.1) is 0 Å². The van der Waals surface area contributed by atoms with Gasteiger partial charge in [-0.3, -0.25) is 0 Å². The minimum absolute atomic E-state index is 0.147. The van der Waals surface area contributed by atoms with Crippen molar-refractivity contribution >= 4 is 28.1 Å². The molecule has 3 nitrogen and oxygen atoms in total. The first-order chi connectivity index (χ1) is 12.3. The molecule has 0 bridgehead atoms. The molecule has 3 N–H and O–H groups in total. The maximum atomic E-state index is 13.8. The average Bonchev–Trinajstić information content (AvgIpc) is 2.59. The summed E-state index contributed by atoms with van der Waals surface area (Å²) in [6, 6.07) is 13.8. The summed E-state index contributed by atoms with van der Waals surface area (Å²) >= 11 is 4.68. The van der Waals surface area contributed by atoms with Gasteiger partial charge in [-0.1, -0.05) is 48.5 Å². The molecule has 1 atom stereocenters. The lowest BCUT2D eigenvalue weighted by Crippen LogP contribution is -2.67. The van der Waals surface area contributed by atoms with Crippen LogP contribution in [0.25, 0.3) is 10.8 Å². The summed E-state index contributed by atoms with van der Waals surface area (Å²) in [5.74, 6) is 0. The number of fused-ring (bicyclic) bond motifs is 1. The minimum Gasteiger partial charge on any atom is -0.376 e. The molecule has 3 rings (SSSR count). The Labute approximate surface area is 155 Å². The van der Waals surface area contributed by atoms with Gasteiger partial charge < -0.3 is 16.0 Å². The van der Waals surface area contributed by atoms with Crippen LogP contribution in [-0.2, 0) is 6.42 Å². The number of hydrogen-bond acceptors (Lipinski definition) is 2. The van der Waals surface area contributed by atoms with Crippen molar-refractivity contribution in [3.05, 3.63) is 72.5 Å². The van der Waals surface area contributed by atoms with Gasteiger partial charge in [-0.05, 0) is 47.1 Å². The van der Waals surface area contributed by atoms with E-state index in [9.17, 15) is 13.2 Å². The van der Waals surface area contributed by atoms with Crippen LogP contribution in [0.15, 0.2) is 66.9 Å². The molecule has 0 aromatic heterocycles. The standard InChI is InChI=1S/C19H18F3N3S/c20-19(21,22)18(24-17(23)26)10-3-4-11-25(18)12-9-14-7-8-15-5-1-2-6-16(15)13-14/h1-8,10-11,13H,9,12H2,(H3,23,24,26). The number of rotatable bonds is 4. The number of allylic oxidation sites excluding steroid dienone is 2. The van der Waals surface area contributed by atoms with E-state index in [1.54, 1.807) is 6.08 Å². The zero-order chi connectivity index (χ0) is 18.8. The molecule has 1 unspecified atom stereocenters. The Balaban J connectivity index is 1.84. The number of benzene rings is 2. The average molecular weight is 377 g/mol. The molecule has 7 heteroatoms. The predicted molar refractivity (Wildman–Crippen MR) is 101 cm³/mol. The van der Waals surface area contributed by atoms with Crippen LogP contribution >= 0.6 is 12.2 Å². The number of thiocarbonyl (C=S) groups is 1. The van der Waals surface area contributed by atoms with Crippen LogP contribution in [0.3, 0.4) is 0 Å². The lowest BCUT2D eigenvalue weighted by atomic mass is 10.0. The number of alkyl halides is 3. The Morgan fingerprint density at radius 2 is 1.85 bits per heavy atom. The van der Waals surface area contributed by atoms with Gasteiger partial charge >= 0.3 is 6.18 Å². The molecule has 136 valence electrons. The van der Waals surface area contributed by atoms with Crippen molar-refractivity contribution in [1.29, 1.82) is 0 Å². The van der Waals surface area contributed by atoms with Crippen LogP contribution in [0.1, 0.15) is 5.56 Å². The topological polar surface area (TPSA) is 41.3 Å². The highest BCUT2D eigenvalue weighted by Crippen LogP contribution is 2.36. The van der Waals surface area contributed by atoms with Crippen LogP contribution in [-0.4, -0.2) is 28.4 Å². The molecule has 1 aliphatic heterocycles. The largest absolute Gasteiger partial charge is 0.434 e. The minimum atomic E-state index is -4.60. The molecule has 1 heterocycles. The highest BCUT2D eigenvalue weighted by molar-refractivity contribution is 7.80. The Kier molecular flexibility index (Phi) is 4.91. The molecule has 1 aliphatic rings. The smallest absolute Gasteiger partial charge is 0.376 e.